The third-order valence-corrected chi connectivity index (χ3v) is 3.40. The molecule has 2 rings (SSSR count). The van der Waals surface area contributed by atoms with Gasteiger partial charge in [0.15, 0.2) is 6.04 Å². The molecule has 0 aliphatic heterocycles. The fourth-order valence-electron chi connectivity index (χ4n) is 2.17. The Hall–Kier alpha value is -2.63. The van der Waals surface area contributed by atoms with Crippen molar-refractivity contribution >= 4 is 11.8 Å². The molecule has 122 valence electrons. The van der Waals surface area contributed by atoms with Crippen LogP contribution in [0.3, 0.4) is 0 Å². The Bertz CT molecular complexity index is 684. The topological polar surface area (TPSA) is 84.3 Å². The van der Waals surface area contributed by atoms with E-state index < -0.39 is 12.0 Å². The maximum Gasteiger partial charge on any atom is 0.333 e. The Morgan fingerprint density at radius 3 is 2.43 bits per heavy atom. The number of methoxy groups -OCH3 is 1. The Morgan fingerprint density at radius 2 is 1.87 bits per heavy atom. The number of nitrogens with zero attached hydrogens (tertiary/aromatic N) is 2. The van der Waals surface area contributed by atoms with Gasteiger partial charge >= 0.3 is 5.97 Å². The fourth-order valence-corrected chi connectivity index (χ4v) is 2.17. The van der Waals surface area contributed by atoms with Crippen LogP contribution in [0.5, 0.6) is 5.75 Å². The molecule has 1 atom stereocenters. The predicted molar refractivity (Wildman–Crippen MR) is 87.3 cm³/mol. The summed E-state index contributed by atoms with van der Waals surface area (Å²) in [5.41, 5.74) is 1.58. The van der Waals surface area contributed by atoms with Crippen molar-refractivity contribution in [3.8, 4) is 5.75 Å². The SMILES string of the molecule is COC(=O)[C@H](Nc1cc(C(C)C)nc(C)n1)c1ccc(O)cc1. The van der Waals surface area contributed by atoms with E-state index in [4.69, 9.17) is 4.74 Å². The maximum atomic E-state index is 12.1. The van der Waals surface area contributed by atoms with E-state index in [1.54, 1.807) is 12.1 Å². The first-order valence-corrected chi connectivity index (χ1v) is 7.39. The number of rotatable bonds is 5. The number of phenolic OH excluding ortho intramolecular Hbond substituents is 1. The molecule has 0 aliphatic rings. The van der Waals surface area contributed by atoms with Crippen molar-refractivity contribution in [3.63, 3.8) is 0 Å². The van der Waals surface area contributed by atoms with Gasteiger partial charge in [0, 0.05) is 11.8 Å². The van der Waals surface area contributed by atoms with Crippen molar-refractivity contribution in [1.29, 1.82) is 0 Å². The van der Waals surface area contributed by atoms with Crippen molar-refractivity contribution in [2.24, 2.45) is 0 Å². The predicted octanol–water partition coefficient (Wildman–Crippen LogP) is 2.94. The van der Waals surface area contributed by atoms with Crippen molar-refractivity contribution in [2.75, 3.05) is 12.4 Å². The van der Waals surface area contributed by atoms with Crippen LogP contribution in [0.1, 0.15) is 42.9 Å². The number of nitrogens with one attached hydrogen (secondary N) is 1. The first kappa shape index (κ1) is 16.7. The molecular formula is C17H21N3O3. The Balaban J connectivity index is 2.35. The molecule has 2 N–H and O–H groups in total. The number of carbonyl (C=O) groups is 1. The highest BCUT2D eigenvalue weighted by Gasteiger charge is 2.22. The van der Waals surface area contributed by atoms with E-state index in [2.05, 4.69) is 15.3 Å². The van der Waals surface area contributed by atoms with E-state index in [0.717, 1.165) is 5.69 Å². The molecule has 0 saturated carbocycles. The number of ether oxygens (including phenoxy) is 1. The van der Waals surface area contributed by atoms with Crippen LogP contribution in [0.4, 0.5) is 5.82 Å². The minimum absolute atomic E-state index is 0.136. The molecule has 0 spiro atoms. The summed E-state index contributed by atoms with van der Waals surface area (Å²) in [5.74, 6) is 1.15. The van der Waals surface area contributed by atoms with E-state index in [0.29, 0.717) is 17.2 Å². The van der Waals surface area contributed by atoms with E-state index >= 15 is 0 Å². The number of aryl methyl sites for hydroxylation is 1. The molecule has 0 bridgehead atoms. The summed E-state index contributed by atoms with van der Waals surface area (Å²) in [6, 6.07) is 7.50. The average Bonchev–Trinajstić information content (AvgIpc) is 2.52. The highest BCUT2D eigenvalue weighted by molar-refractivity contribution is 5.80. The summed E-state index contributed by atoms with van der Waals surface area (Å²) in [4.78, 5) is 20.8. The molecule has 6 heteroatoms. The lowest BCUT2D eigenvalue weighted by Gasteiger charge is -2.18. The second-order valence-electron chi connectivity index (χ2n) is 5.57. The first-order valence-electron chi connectivity index (χ1n) is 7.39. The van der Waals surface area contributed by atoms with Gasteiger partial charge < -0.3 is 15.2 Å². The van der Waals surface area contributed by atoms with Gasteiger partial charge in [-0.15, -0.1) is 0 Å². The number of aromatic hydroxyl groups is 1. The van der Waals surface area contributed by atoms with E-state index in [9.17, 15) is 9.90 Å². The third kappa shape index (κ3) is 4.18. The van der Waals surface area contributed by atoms with E-state index in [1.807, 2.05) is 26.8 Å². The van der Waals surface area contributed by atoms with Gasteiger partial charge in [-0.3, -0.25) is 0 Å². The minimum Gasteiger partial charge on any atom is -0.508 e. The Kier molecular flexibility index (Phi) is 5.16. The summed E-state index contributed by atoms with van der Waals surface area (Å²) in [7, 11) is 1.34. The largest absolute Gasteiger partial charge is 0.508 e. The molecule has 23 heavy (non-hydrogen) atoms. The number of hydrogen-bond donors (Lipinski definition) is 2. The number of hydrogen-bond acceptors (Lipinski definition) is 6. The van der Waals surface area contributed by atoms with Crippen molar-refractivity contribution in [2.45, 2.75) is 32.7 Å². The standard InChI is InChI=1S/C17H21N3O3/c1-10(2)14-9-15(19-11(3)18-14)20-16(17(22)23-4)12-5-7-13(21)8-6-12/h5-10,16,21H,1-4H3,(H,18,19,20)/t16-/m1/s1. The monoisotopic (exact) mass is 315 g/mol. The van der Waals surface area contributed by atoms with Gasteiger partial charge in [0.1, 0.15) is 17.4 Å². The van der Waals surface area contributed by atoms with Gasteiger partial charge in [0.05, 0.1) is 7.11 Å². The van der Waals surface area contributed by atoms with Crippen molar-refractivity contribution in [1.82, 2.24) is 9.97 Å². The van der Waals surface area contributed by atoms with Gasteiger partial charge in [0.2, 0.25) is 0 Å². The molecule has 1 aromatic carbocycles. The number of esters is 1. The normalized spacial score (nSPS) is 12.0. The zero-order chi connectivity index (χ0) is 17.0. The molecule has 0 amide bonds. The van der Waals surface area contributed by atoms with Crippen LogP contribution in [0, 0.1) is 6.92 Å². The van der Waals surface area contributed by atoms with Gasteiger partial charge in [0.25, 0.3) is 0 Å². The molecule has 1 heterocycles. The molecule has 0 radical (unpaired) electrons. The zero-order valence-corrected chi connectivity index (χ0v) is 13.7. The molecule has 2 aromatic rings. The molecule has 6 nitrogen and oxygen atoms in total. The molecule has 0 aliphatic carbocycles. The summed E-state index contributed by atoms with van der Waals surface area (Å²) in [6.45, 7) is 5.90. The number of carbonyl (C=O) groups excluding carboxylic acids is 1. The van der Waals surface area contributed by atoms with E-state index in [1.165, 1.54) is 19.2 Å². The van der Waals surface area contributed by atoms with Crippen LogP contribution in [-0.2, 0) is 9.53 Å². The Morgan fingerprint density at radius 1 is 1.22 bits per heavy atom. The van der Waals surface area contributed by atoms with Crippen LogP contribution in [0.2, 0.25) is 0 Å². The number of phenols is 1. The van der Waals surface area contributed by atoms with E-state index in [-0.39, 0.29) is 11.7 Å². The quantitative estimate of drug-likeness (QED) is 0.825. The summed E-state index contributed by atoms with van der Waals surface area (Å²) < 4.78 is 4.87. The van der Waals surface area contributed by atoms with Gasteiger partial charge in [-0.2, -0.15) is 0 Å². The first-order chi connectivity index (χ1) is 10.9. The lowest BCUT2D eigenvalue weighted by atomic mass is 10.1. The minimum atomic E-state index is -0.713. The molecule has 0 fully saturated rings. The van der Waals surface area contributed by atoms with Gasteiger partial charge in [-0.1, -0.05) is 26.0 Å². The van der Waals surface area contributed by atoms with Crippen molar-refractivity contribution < 1.29 is 14.6 Å². The van der Waals surface area contributed by atoms with Crippen LogP contribution in [-0.4, -0.2) is 28.2 Å². The smallest absolute Gasteiger partial charge is 0.333 e. The van der Waals surface area contributed by atoms with Crippen molar-refractivity contribution in [3.05, 3.63) is 47.4 Å². The highest BCUT2D eigenvalue weighted by Crippen LogP contribution is 2.23. The van der Waals surface area contributed by atoms with Gasteiger partial charge in [-0.25, -0.2) is 14.8 Å². The van der Waals surface area contributed by atoms with Crippen LogP contribution in [0.25, 0.3) is 0 Å². The second kappa shape index (κ2) is 7.09. The number of anilines is 1. The molecule has 0 unspecified atom stereocenters. The van der Waals surface area contributed by atoms with Crippen LogP contribution < -0.4 is 5.32 Å². The third-order valence-electron chi connectivity index (χ3n) is 3.40. The highest BCUT2D eigenvalue weighted by atomic mass is 16.5. The zero-order valence-electron chi connectivity index (χ0n) is 13.7. The lowest BCUT2D eigenvalue weighted by Crippen LogP contribution is -2.23. The Labute approximate surface area is 135 Å². The summed E-state index contributed by atoms with van der Waals surface area (Å²) >= 11 is 0. The average molecular weight is 315 g/mol. The number of benzene rings is 1. The summed E-state index contributed by atoms with van der Waals surface area (Å²) in [5, 5.41) is 12.5. The second-order valence-corrected chi connectivity index (χ2v) is 5.57. The summed E-state index contributed by atoms with van der Waals surface area (Å²) in [6.07, 6.45) is 0. The maximum absolute atomic E-state index is 12.1. The van der Waals surface area contributed by atoms with Gasteiger partial charge in [-0.05, 0) is 30.5 Å². The molecule has 0 saturated heterocycles. The lowest BCUT2D eigenvalue weighted by molar-refractivity contribution is -0.141. The van der Waals surface area contributed by atoms with Crippen LogP contribution >= 0.6 is 0 Å². The molecule has 1 aromatic heterocycles. The number of aromatic nitrogens is 2. The molecular weight excluding hydrogens is 294 g/mol. The van der Waals surface area contributed by atoms with Crippen LogP contribution in [0.15, 0.2) is 30.3 Å². The fraction of sp³-hybridized carbons (Fsp3) is 0.353.